The van der Waals surface area contributed by atoms with E-state index in [1.165, 1.54) is 0 Å². The van der Waals surface area contributed by atoms with Gasteiger partial charge < -0.3 is 15.0 Å². The average molecular weight is 422 g/mol. The first kappa shape index (κ1) is 20.8. The molecular weight excluding hydrogens is 394 g/mol. The fourth-order valence-electron chi connectivity index (χ4n) is 3.21. The summed E-state index contributed by atoms with van der Waals surface area (Å²) in [6.07, 6.45) is 2.80. The quantitative estimate of drug-likeness (QED) is 0.780. The van der Waals surface area contributed by atoms with Gasteiger partial charge in [0.15, 0.2) is 0 Å². The van der Waals surface area contributed by atoms with Crippen molar-refractivity contribution in [1.82, 2.24) is 15.2 Å². The van der Waals surface area contributed by atoms with Crippen molar-refractivity contribution in [3.8, 4) is 9.88 Å². The maximum atomic E-state index is 12.9. The third kappa shape index (κ3) is 5.78. The lowest BCUT2D eigenvalue weighted by molar-refractivity contribution is -0.134. The van der Waals surface area contributed by atoms with Gasteiger partial charge in [-0.3, -0.25) is 4.79 Å². The lowest BCUT2D eigenvalue weighted by atomic mass is 10.0. The molecule has 0 spiro atoms. The minimum Gasteiger partial charge on any atom is -0.444 e. The van der Waals surface area contributed by atoms with E-state index in [0.717, 1.165) is 41.4 Å². The molecule has 6 nitrogen and oxygen atoms in total. The largest absolute Gasteiger partial charge is 0.444 e. The van der Waals surface area contributed by atoms with E-state index in [9.17, 15) is 9.59 Å². The van der Waals surface area contributed by atoms with E-state index in [2.05, 4.69) is 10.3 Å². The van der Waals surface area contributed by atoms with Crippen molar-refractivity contribution < 1.29 is 14.3 Å². The number of carbonyl (C=O) groups excluding carboxylic acids is 2. The molecule has 0 bridgehead atoms. The third-order valence-corrected chi connectivity index (χ3v) is 6.37. The highest BCUT2D eigenvalue weighted by Crippen LogP contribution is 2.28. The SMILES string of the molecule is CC(C)(C)OC(=O)NC[C@@H]1CCCCN1C(=O)Cc1csc(-c2cccs2)n1. The van der Waals surface area contributed by atoms with Crippen LogP contribution >= 0.6 is 22.7 Å². The van der Waals surface area contributed by atoms with Gasteiger partial charge in [-0.1, -0.05) is 6.07 Å². The average Bonchev–Trinajstić information content (AvgIpc) is 3.30. The summed E-state index contributed by atoms with van der Waals surface area (Å²) in [5.41, 5.74) is 0.277. The van der Waals surface area contributed by atoms with Crippen LogP contribution in [0.15, 0.2) is 22.9 Å². The zero-order valence-corrected chi connectivity index (χ0v) is 18.2. The van der Waals surface area contributed by atoms with Crippen LogP contribution in [0.3, 0.4) is 0 Å². The molecule has 28 heavy (non-hydrogen) atoms. The summed E-state index contributed by atoms with van der Waals surface area (Å²) < 4.78 is 5.30. The summed E-state index contributed by atoms with van der Waals surface area (Å²) >= 11 is 3.22. The number of ether oxygens (including phenoxy) is 1. The predicted molar refractivity (Wildman–Crippen MR) is 113 cm³/mol. The Hall–Kier alpha value is -1.93. The molecule has 2 aromatic heterocycles. The van der Waals surface area contributed by atoms with E-state index in [1.54, 1.807) is 22.7 Å². The number of thiazole rings is 1. The van der Waals surface area contributed by atoms with E-state index in [4.69, 9.17) is 4.74 Å². The van der Waals surface area contributed by atoms with Crippen LogP contribution in [0.5, 0.6) is 0 Å². The Labute approximate surface area is 173 Å². The zero-order valence-electron chi connectivity index (χ0n) is 16.6. The molecule has 2 aromatic rings. The molecule has 0 aliphatic carbocycles. The summed E-state index contributed by atoms with van der Waals surface area (Å²) in [5, 5.41) is 7.76. The molecule has 2 amide bonds. The van der Waals surface area contributed by atoms with Gasteiger partial charge in [0.2, 0.25) is 5.91 Å². The number of likely N-dealkylation sites (tertiary alicyclic amines) is 1. The van der Waals surface area contributed by atoms with Crippen LogP contribution in [-0.4, -0.2) is 46.6 Å². The Bertz CT molecular complexity index is 796. The number of rotatable bonds is 5. The maximum Gasteiger partial charge on any atom is 0.407 e. The molecule has 1 saturated heterocycles. The monoisotopic (exact) mass is 421 g/mol. The maximum absolute atomic E-state index is 12.9. The highest BCUT2D eigenvalue weighted by molar-refractivity contribution is 7.20. The van der Waals surface area contributed by atoms with E-state index in [0.29, 0.717) is 13.0 Å². The fraction of sp³-hybridized carbons (Fsp3) is 0.550. The number of carbonyl (C=O) groups is 2. The summed E-state index contributed by atoms with van der Waals surface area (Å²) in [7, 11) is 0. The van der Waals surface area contributed by atoms with Gasteiger partial charge in [0, 0.05) is 24.5 Å². The highest BCUT2D eigenvalue weighted by Gasteiger charge is 2.28. The molecule has 1 atom stereocenters. The van der Waals surface area contributed by atoms with E-state index < -0.39 is 11.7 Å². The van der Waals surface area contributed by atoms with Gasteiger partial charge in [-0.15, -0.1) is 22.7 Å². The Morgan fingerprint density at radius 1 is 1.32 bits per heavy atom. The van der Waals surface area contributed by atoms with Crippen molar-refractivity contribution in [2.24, 2.45) is 0 Å². The topological polar surface area (TPSA) is 71.5 Å². The Kier molecular flexibility index (Phi) is 6.72. The van der Waals surface area contributed by atoms with Crippen LogP contribution in [0.1, 0.15) is 45.7 Å². The molecule has 0 radical (unpaired) electrons. The number of hydrogen-bond donors (Lipinski definition) is 1. The van der Waals surface area contributed by atoms with Gasteiger partial charge in [0.1, 0.15) is 10.6 Å². The molecule has 0 unspecified atom stereocenters. The summed E-state index contributed by atoms with van der Waals surface area (Å²) in [4.78, 5) is 32.5. The summed E-state index contributed by atoms with van der Waals surface area (Å²) in [5.74, 6) is 0.0683. The Morgan fingerprint density at radius 2 is 2.14 bits per heavy atom. The van der Waals surface area contributed by atoms with Crippen molar-refractivity contribution in [2.75, 3.05) is 13.1 Å². The second-order valence-corrected chi connectivity index (χ2v) is 9.72. The van der Waals surface area contributed by atoms with Gasteiger partial charge >= 0.3 is 6.09 Å². The molecule has 0 aromatic carbocycles. The van der Waals surface area contributed by atoms with Gasteiger partial charge in [0.05, 0.1) is 17.0 Å². The number of nitrogens with one attached hydrogen (secondary N) is 1. The zero-order chi connectivity index (χ0) is 20.1. The first-order chi connectivity index (χ1) is 13.3. The Balaban J connectivity index is 1.57. The first-order valence-electron chi connectivity index (χ1n) is 9.56. The highest BCUT2D eigenvalue weighted by atomic mass is 32.1. The molecule has 152 valence electrons. The molecule has 3 heterocycles. The molecule has 1 aliphatic heterocycles. The normalized spacial score (nSPS) is 17.4. The summed E-state index contributed by atoms with van der Waals surface area (Å²) in [6, 6.07) is 4.05. The first-order valence-corrected chi connectivity index (χ1v) is 11.3. The van der Waals surface area contributed by atoms with Crippen LogP contribution < -0.4 is 5.32 Å². The number of nitrogens with zero attached hydrogens (tertiary/aromatic N) is 2. The van der Waals surface area contributed by atoms with E-state index in [1.807, 2.05) is 48.6 Å². The van der Waals surface area contributed by atoms with Crippen molar-refractivity contribution in [1.29, 1.82) is 0 Å². The Morgan fingerprint density at radius 3 is 2.86 bits per heavy atom. The smallest absolute Gasteiger partial charge is 0.407 e. The second-order valence-electron chi connectivity index (χ2n) is 7.92. The third-order valence-electron chi connectivity index (χ3n) is 4.44. The number of thiophene rings is 1. The molecule has 1 fully saturated rings. The predicted octanol–water partition coefficient (Wildman–Crippen LogP) is 4.32. The van der Waals surface area contributed by atoms with Gasteiger partial charge in [-0.2, -0.15) is 0 Å². The lowest BCUT2D eigenvalue weighted by Gasteiger charge is -2.36. The number of alkyl carbamates (subject to hydrolysis) is 1. The second kappa shape index (κ2) is 9.05. The van der Waals surface area contributed by atoms with Crippen LogP contribution in [0.4, 0.5) is 4.79 Å². The lowest BCUT2D eigenvalue weighted by Crippen LogP contribution is -2.50. The van der Waals surface area contributed by atoms with Crippen LogP contribution in [0.2, 0.25) is 0 Å². The molecule has 0 saturated carbocycles. The fourth-order valence-corrected chi connectivity index (χ4v) is 4.85. The number of hydrogen-bond acceptors (Lipinski definition) is 6. The van der Waals surface area contributed by atoms with Crippen molar-refractivity contribution in [2.45, 2.75) is 58.1 Å². The van der Waals surface area contributed by atoms with Gasteiger partial charge in [-0.25, -0.2) is 9.78 Å². The van der Waals surface area contributed by atoms with E-state index >= 15 is 0 Å². The molecular formula is C20H27N3O3S2. The standard InChI is InChI=1S/C20H27N3O3S2/c1-20(2,3)26-19(25)21-12-15-7-4-5-9-23(15)17(24)11-14-13-28-18(22-14)16-8-6-10-27-16/h6,8,10,13,15H,4-5,7,9,11-12H2,1-3H3,(H,21,25)/t15-/m0/s1. The van der Waals surface area contributed by atoms with Gasteiger partial charge in [-0.05, 0) is 51.5 Å². The van der Waals surface area contributed by atoms with Crippen LogP contribution in [0.25, 0.3) is 9.88 Å². The van der Waals surface area contributed by atoms with Crippen molar-refractivity contribution in [3.63, 3.8) is 0 Å². The minimum atomic E-state index is -0.531. The molecule has 8 heteroatoms. The number of piperidine rings is 1. The van der Waals surface area contributed by atoms with Crippen molar-refractivity contribution >= 4 is 34.7 Å². The number of amides is 2. The molecule has 1 aliphatic rings. The van der Waals surface area contributed by atoms with Crippen LogP contribution in [-0.2, 0) is 16.0 Å². The molecule has 3 rings (SSSR count). The minimum absolute atomic E-state index is 0.00386. The van der Waals surface area contributed by atoms with Crippen LogP contribution in [0, 0.1) is 0 Å². The van der Waals surface area contributed by atoms with Crippen molar-refractivity contribution in [3.05, 3.63) is 28.6 Å². The summed E-state index contributed by atoms with van der Waals surface area (Å²) in [6.45, 7) is 6.64. The molecule has 1 N–H and O–H groups in total. The van der Waals surface area contributed by atoms with Gasteiger partial charge in [0.25, 0.3) is 0 Å². The van der Waals surface area contributed by atoms with E-state index in [-0.39, 0.29) is 11.9 Å². The number of aromatic nitrogens is 1.